The van der Waals surface area contributed by atoms with Gasteiger partial charge in [0, 0.05) is 6.54 Å². The van der Waals surface area contributed by atoms with Crippen molar-refractivity contribution in [2.75, 3.05) is 13.1 Å². The molecule has 6 heteroatoms. The highest BCUT2D eigenvalue weighted by atomic mass is 16.4. The summed E-state index contributed by atoms with van der Waals surface area (Å²) >= 11 is 0. The second kappa shape index (κ2) is 3.21. The van der Waals surface area contributed by atoms with E-state index in [1.165, 1.54) is 0 Å². The number of imide groups is 1. The number of nitrogens with one attached hydrogen (secondary N) is 1. The van der Waals surface area contributed by atoms with Gasteiger partial charge in [0.15, 0.2) is 0 Å². The molecule has 6 nitrogen and oxygen atoms in total. The normalized spacial score (nSPS) is 16.5. The molecule has 0 aromatic heterocycles. The molecule has 1 heterocycles. The lowest BCUT2D eigenvalue weighted by Crippen LogP contribution is -2.32. The van der Waals surface area contributed by atoms with Crippen LogP contribution in [0.1, 0.15) is 6.42 Å². The van der Waals surface area contributed by atoms with Crippen molar-refractivity contribution in [3.05, 3.63) is 0 Å². The van der Waals surface area contributed by atoms with Gasteiger partial charge < -0.3 is 10.4 Å². The van der Waals surface area contributed by atoms with Crippen LogP contribution in [0.3, 0.4) is 0 Å². The number of carboxylic acids is 1. The van der Waals surface area contributed by atoms with Crippen LogP contribution in [-0.4, -0.2) is 41.0 Å². The van der Waals surface area contributed by atoms with E-state index in [-0.39, 0.29) is 25.4 Å². The molecule has 0 spiro atoms. The van der Waals surface area contributed by atoms with E-state index in [1.807, 2.05) is 0 Å². The van der Waals surface area contributed by atoms with Crippen molar-refractivity contribution in [3.63, 3.8) is 0 Å². The zero-order valence-electron chi connectivity index (χ0n) is 6.24. The van der Waals surface area contributed by atoms with E-state index >= 15 is 0 Å². The molecule has 0 aliphatic carbocycles. The Labute approximate surface area is 68.1 Å². The molecular weight excluding hydrogens is 164 g/mol. The van der Waals surface area contributed by atoms with Gasteiger partial charge >= 0.3 is 12.0 Å². The van der Waals surface area contributed by atoms with E-state index in [0.717, 1.165) is 4.90 Å². The van der Waals surface area contributed by atoms with E-state index < -0.39 is 12.0 Å². The third-order valence-corrected chi connectivity index (χ3v) is 1.49. The van der Waals surface area contributed by atoms with E-state index in [2.05, 4.69) is 5.32 Å². The first-order valence-electron chi connectivity index (χ1n) is 3.41. The Balaban J connectivity index is 2.45. The van der Waals surface area contributed by atoms with Crippen LogP contribution in [0.2, 0.25) is 0 Å². The topological polar surface area (TPSA) is 86.7 Å². The number of nitrogens with zero attached hydrogens (tertiary/aromatic N) is 1. The SMILES string of the molecule is O=C(O)CCN1C(=O)CNC1=O. The first-order valence-corrected chi connectivity index (χ1v) is 3.41. The highest BCUT2D eigenvalue weighted by Gasteiger charge is 2.28. The molecule has 2 N–H and O–H groups in total. The van der Waals surface area contributed by atoms with E-state index in [1.54, 1.807) is 0 Å². The van der Waals surface area contributed by atoms with Crippen LogP contribution in [0.4, 0.5) is 4.79 Å². The molecule has 1 saturated heterocycles. The monoisotopic (exact) mass is 172 g/mol. The van der Waals surface area contributed by atoms with Gasteiger partial charge in [0.1, 0.15) is 0 Å². The van der Waals surface area contributed by atoms with Crippen LogP contribution in [0.25, 0.3) is 0 Å². The quantitative estimate of drug-likeness (QED) is 0.535. The third kappa shape index (κ3) is 1.71. The molecule has 0 saturated carbocycles. The molecule has 1 rings (SSSR count). The average Bonchev–Trinajstić information content (AvgIpc) is 2.28. The predicted molar refractivity (Wildman–Crippen MR) is 37.4 cm³/mol. The fourth-order valence-electron chi connectivity index (χ4n) is 0.889. The number of rotatable bonds is 3. The summed E-state index contributed by atoms with van der Waals surface area (Å²) in [4.78, 5) is 32.6. The Kier molecular flexibility index (Phi) is 2.27. The Morgan fingerprint density at radius 3 is 2.67 bits per heavy atom. The van der Waals surface area contributed by atoms with Gasteiger partial charge in [-0.25, -0.2) is 4.79 Å². The highest BCUT2D eigenvalue weighted by molar-refractivity contribution is 6.02. The van der Waals surface area contributed by atoms with Crippen molar-refractivity contribution >= 4 is 17.9 Å². The summed E-state index contributed by atoms with van der Waals surface area (Å²) in [7, 11) is 0. The Bertz CT molecular complexity index is 222. The lowest BCUT2D eigenvalue weighted by Gasteiger charge is -2.09. The minimum absolute atomic E-state index is 0.0293. The summed E-state index contributed by atoms with van der Waals surface area (Å²) in [5.41, 5.74) is 0. The molecule has 0 aromatic rings. The van der Waals surface area contributed by atoms with Crippen molar-refractivity contribution in [3.8, 4) is 0 Å². The number of carbonyl (C=O) groups excluding carboxylic acids is 2. The molecule has 0 radical (unpaired) electrons. The van der Waals surface area contributed by atoms with Gasteiger partial charge in [-0.3, -0.25) is 14.5 Å². The fourth-order valence-corrected chi connectivity index (χ4v) is 0.889. The first-order chi connectivity index (χ1) is 5.61. The third-order valence-electron chi connectivity index (χ3n) is 1.49. The number of amides is 3. The van der Waals surface area contributed by atoms with E-state index in [0.29, 0.717) is 0 Å². The molecule has 1 aliphatic heterocycles. The van der Waals surface area contributed by atoms with Gasteiger partial charge in [-0.2, -0.15) is 0 Å². The molecule has 66 valence electrons. The van der Waals surface area contributed by atoms with Gasteiger partial charge in [0.2, 0.25) is 5.91 Å². The smallest absolute Gasteiger partial charge is 0.324 e. The van der Waals surface area contributed by atoms with Gasteiger partial charge in [-0.05, 0) is 0 Å². The molecule has 12 heavy (non-hydrogen) atoms. The van der Waals surface area contributed by atoms with Crippen molar-refractivity contribution in [1.29, 1.82) is 0 Å². The summed E-state index contributed by atoms with van der Waals surface area (Å²) in [5.74, 6) is -1.40. The summed E-state index contributed by atoms with van der Waals surface area (Å²) in [5, 5.41) is 10.6. The zero-order chi connectivity index (χ0) is 9.14. The van der Waals surface area contributed by atoms with Crippen LogP contribution < -0.4 is 5.32 Å². The second-order valence-corrected chi connectivity index (χ2v) is 2.35. The number of hydrogen-bond donors (Lipinski definition) is 2. The highest BCUT2D eigenvalue weighted by Crippen LogP contribution is 1.99. The standard InChI is InChI=1S/C6H8N2O4/c9-4-3-7-6(12)8(4)2-1-5(10)11/h1-3H2,(H,7,12)(H,10,11). The Morgan fingerprint density at radius 1 is 1.58 bits per heavy atom. The maximum Gasteiger partial charge on any atom is 0.324 e. The summed E-state index contributed by atoms with van der Waals surface area (Å²) in [6.45, 7) is -0.0849. The molecule has 1 fully saturated rings. The molecule has 0 atom stereocenters. The van der Waals surface area contributed by atoms with E-state index in [4.69, 9.17) is 5.11 Å². The molecule has 0 unspecified atom stereocenters. The number of carbonyl (C=O) groups is 3. The van der Waals surface area contributed by atoms with Gasteiger partial charge in [-0.15, -0.1) is 0 Å². The van der Waals surface area contributed by atoms with Crippen molar-refractivity contribution in [1.82, 2.24) is 10.2 Å². The predicted octanol–water partition coefficient (Wildman–Crippen LogP) is -0.987. The largest absolute Gasteiger partial charge is 0.481 e. The molecule has 0 bridgehead atoms. The fraction of sp³-hybridized carbons (Fsp3) is 0.500. The molecule has 1 aliphatic rings. The summed E-state index contributed by atoms with van der Waals surface area (Å²) in [6, 6.07) is -0.513. The van der Waals surface area contributed by atoms with Crippen molar-refractivity contribution < 1.29 is 19.5 Å². The maximum absolute atomic E-state index is 10.8. The Hall–Kier alpha value is -1.59. The number of urea groups is 1. The number of aliphatic carboxylic acids is 1. The van der Waals surface area contributed by atoms with Crippen LogP contribution in [0.15, 0.2) is 0 Å². The van der Waals surface area contributed by atoms with E-state index in [9.17, 15) is 14.4 Å². The van der Waals surface area contributed by atoms with Crippen LogP contribution in [0.5, 0.6) is 0 Å². The summed E-state index contributed by atoms with van der Waals surface area (Å²) < 4.78 is 0. The minimum Gasteiger partial charge on any atom is -0.481 e. The minimum atomic E-state index is -1.03. The van der Waals surface area contributed by atoms with Crippen LogP contribution >= 0.6 is 0 Å². The van der Waals surface area contributed by atoms with Crippen LogP contribution in [0, 0.1) is 0 Å². The van der Waals surface area contributed by atoms with Crippen LogP contribution in [-0.2, 0) is 9.59 Å². The van der Waals surface area contributed by atoms with Gasteiger partial charge in [-0.1, -0.05) is 0 Å². The lowest BCUT2D eigenvalue weighted by molar-refractivity contribution is -0.137. The van der Waals surface area contributed by atoms with Crippen molar-refractivity contribution in [2.24, 2.45) is 0 Å². The lowest BCUT2D eigenvalue weighted by atomic mass is 10.4. The maximum atomic E-state index is 10.8. The Morgan fingerprint density at radius 2 is 2.25 bits per heavy atom. The molecular formula is C6H8N2O4. The summed E-state index contributed by atoms with van der Waals surface area (Å²) in [6.07, 6.45) is -0.209. The first kappa shape index (κ1) is 8.51. The number of carboxylic acid groups (broad SMARTS) is 1. The second-order valence-electron chi connectivity index (χ2n) is 2.35. The van der Waals surface area contributed by atoms with Crippen molar-refractivity contribution in [2.45, 2.75) is 6.42 Å². The molecule has 3 amide bonds. The van der Waals surface area contributed by atoms with Gasteiger partial charge in [0.25, 0.3) is 0 Å². The number of hydrogen-bond acceptors (Lipinski definition) is 3. The zero-order valence-corrected chi connectivity index (χ0v) is 6.24. The average molecular weight is 172 g/mol. The van der Waals surface area contributed by atoms with Gasteiger partial charge in [0.05, 0.1) is 13.0 Å². The molecule has 0 aromatic carbocycles.